The molecule has 0 saturated heterocycles. The van der Waals surface area contributed by atoms with Gasteiger partial charge in [0.1, 0.15) is 5.57 Å². The first-order chi connectivity index (χ1) is 6.65. The molecule has 0 atom stereocenters. The molecule has 76 valence electrons. The van der Waals surface area contributed by atoms with E-state index in [0.29, 0.717) is 18.6 Å². The molecule has 0 aromatic heterocycles. The number of carboxylic acids is 1. The molecule has 5 heteroatoms. The van der Waals surface area contributed by atoms with Gasteiger partial charge in [0.05, 0.1) is 0 Å². The fraction of sp³-hybridized carbons (Fsp3) is 0.444. The predicted molar refractivity (Wildman–Crippen MR) is 49.1 cm³/mol. The third-order valence-corrected chi connectivity index (χ3v) is 1.90. The summed E-state index contributed by atoms with van der Waals surface area (Å²) in [5, 5.41) is 17.1. The van der Waals surface area contributed by atoms with E-state index in [2.05, 4.69) is 4.99 Å². The third kappa shape index (κ3) is 2.50. The minimum atomic E-state index is -1.24. The maximum Gasteiger partial charge on any atom is 0.340 e. The van der Waals surface area contributed by atoms with E-state index < -0.39 is 11.8 Å². The van der Waals surface area contributed by atoms with Crippen molar-refractivity contribution in [1.29, 1.82) is 0 Å². The monoisotopic (exact) mass is 197 g/mol. The van der Waals surface area contributed by atoms with Crippen molar-refractivity contribution in [2.24, 2.45) is 4.99 Å². The maximum absolute atomic E-state index is 11.2. The molecule has 14 heavy (non-hydrogen) atoms. The molecule has 0 aromatic rings. The minimum absolute atomic E-state index is 0.0444. The van der Waals surface area contributed by atoms with E-state index in [1.54, 1.807) is 0 Å². The van der Waals surface area contributed by atoms with Gasteiger partial charge in [-0.1, -0.05) is 0 Å². The number of aliphatic hydroxyl groups is 1. The van der Waals surface area contributed by atoms with Gasteiger partial charge in [0.15, 0.2) is 5.78 Å². The molecular formula is C9H11NO4. The minimum Gasteiger partial charge on any atom is -0.478 e. The first-order valence-electron chi connectivity index (χ1n) is 4.28. The van der Waals surface area contributed by atoms with Crippen molar-refractivity contribution in [2.45, 2.75) is 19.3 Å². The van der Waals surface area contributed by atoms with Crippen LogP contribution in [0, 0.1) is 0 Å². The number of carbonyl (C=O) groups is 2. The quantitative estimate of drug-likeness (QED) is 0.627. The molecule has 1 heterocycles. The highest BCUT2D eigenvalue weighted by Crippen LogP contribution is 2.11. The van der Waals surface area contributed by atoms with Crippen LogP contribution >= 0.6 is 0 Å². The number of hydrogen-bond donors (Lipinski definition) is 2. The Labute approximate surface area is 80.8 Å². The summed E-state index contributed by atoms with van der Waals surface area (Å²) >= 11 is 0. The van der Waals surface area contributed by atoms with Gasteiger partial charge in [0.25, 0.3) is 0 Å². The van der Waals surface area contributed by atoms with Crippen molar-refractivity contribution in [3.8, 4) is 0 Å². The van der Waals surface area contributed by atoms with Crippen LogP contribution in [0.25, 0.3) is 0 Å². The van der Waals surface area contributed by atoms with Gasteiger partial charge in [-0.15, -0.1) is 0 Å². The smallest absolute Gasteiger partial charge is 0.340 e. The molecule has 1 aliphatic heterocycles. The number of ketones is 1. The summed E-state index contributed by atoms with van der Waals surface area (Å²) in [6, 6.07) is 0. The topological polar surface area (TPSA) is 87.0 Å². The van der Waals surface area contributed by atoms with Gasteiger partial charge in [-0.2, -0.15) is 0 Å². The van der Waals surface area contributed by atoms with Gasteiger partial charge in [-0.05, 0) is 12.8 Å². The summed E-state index contributed by atoms with van der Waals surface area (Å²) in [5.74, 6) is -1.65. The summed E-state index contributed by atoms with van der Waals surface area (Å²) < 4.78 is 0. The lowest BCUT2D eigenvalue weighted by Crippen LogP contribution is -2.19. The number of carbonyl (C=O) groups excluding carboxylic acids is 1. The molecule has 0 aromatic carbocycles. The largest absolute Gasteiger partial charge is 0.478 e. The molecule has 2 N–H and O–H groups in total. The fourth-order valence-corrected chi connectivity index (χ4v) is 1.16. The van der Waals surface area contributed by atoms with Gasteiger partial charge in [0, 0.05) is 24.9 Å². The van der Waals surface area contributed by atoms with E-state index in [4.69, 9.17) is 10.2 Å². The van der Waals surface area contributed by atoms with E-state index in [-0.39, 0.29) is 18.6 Å². The van der Waals surface area contributed by atoms with Crippen LogP contribution in [0.2, 0.25) is 0 Å². The highest BCUT2D eigenvalue weighted by molar-refractivity contribution is 6.23. The molecule has 0 aliphatic carbocycles. The van der Waals surface area contributed by atoms with Crippen LogP contribution in [0.5, 0.6) is 0 Å². The van der Waals surface area contributed by atoms with Gasteiger partial charge >= 0.3 is 5.97 Å². The molecular weight excluding hydrogens is 186 g/mol. The van der Waals surface area contributed by atoms with E-state index in [1.165, 1.54) is 0 Å². The number of aliphatic hydroxyl groups excluding tert-OH is 1. The van der Waals surface area contributed by atoms with E-state index in [1.807, 2.05) is 0 Å². The van der Waals surface area contributed by atoms with Crippen LogP contribution in [0.15, 0.2) is 16.8 Å². The Bertz CT molecular complexity index is 317. The van der Waals surface area contributed by atoms with Crippen molar-refractivity contribution in [3.05, 3.63) is 11.8 Å². The Morgan fingerprint density at radius 3 is 2.79 bits per heavy atom. The Hall–Kier alpha value is -1.49. The van der Waals surface area contributed by atoms with Crippen molar-refractivity contribution >= 4 is 17.5 Å². The molecule has 1 rings (SSSR count). The first kappa shape index (κ1) is 10.6. The number of hydrogen-bond acceptors (Lipinski definition) is 4. The normalized spacial score (nSPS) is 16.2. The van der Waals surface area contributed by atoms with Crippen LogP contribution < -0.4 is 0 Å². The Kier molecular flexibility index (Phi) is 3.53. The summed E-state index contributed by atoms with van der Waals surface area (Å²) in [5.41, 5.74) is 0.367. The van der Waals surface area contributed by atoms with Gasteiger partial charge in [-0.3, -0.25) is 9.79 Å². The Balaban J connectivity index is 2.69. The second-order valence-corrected chi connectivity index (χ2v) is 2.97. The summed E-state index contributed by atoms with van der Waals surface area (Å²) in [4.78, 5) is 25.6. The molecule has 0 bridgehead atoms. The van der Waals surface area contributed by atoms with Crippen molar-refractivity contribution < 1.29 is 19.8 Å². The second kappa shape index (κ2) is 4.66. The maximum atomic E-state index is 11.2. The highest BCUT2D eigenvalue weighted by atomic mass is 16.4. The standard InChI is InChI=1S/C9H11NO4/c11-3-1-2-6-4-8(12)7(5-10-6)9(13)14/h5,11H,1-4H2,(H,13,14). The number of rotatable bonds is 4. The SMILES string of the molecule is O=C(O)C1=CN=C(CCCO)CC1=O. The van der Waals surface area contributed by atoms with Crippen LogP contribution in [-0.2, 0) is 9.59 Å². The predicted octanol–water partition coefficient (Wildman–Crippen LogP) is 0.141. The van der Waals surface area contributed by atoms with Crippen LogP contribution in [0.3, 0.4) is 0 Å². The molecule has 0 saturated carbocycles. The van der Waals surface area contributed by atoms with Gasteiger partial charge in [0.2, 0.25) is 0 Å². The number of nitrogens with zero attached hydrogens (tertiary/aromatic N) is 1. The average Bonchev–Trinajstić information content (AvgIpc) is 2.14. The first-order valence-corrected chi connectivity index (χ1v) is 4.28. The number of aliphatic imine (C=N–C) groups is 1. The Morgan fingerprint density at radius 2 is 2.29 bits per heavy atom. The molecule has 5 nitrogen and oxygen atoms in total. The van der Waals surface area contributed by atoms with Gasteiger partial charge < -0.3 is 10.2 Å². The van der Waals surface area contributed by atoms with E-state index in [9.17, 15) is 9.59 Å². The zero-order valence-corrected chi connectivity index (χ0v) is 7.56. The van der Waals surface area contributed by atoms with Crippen LogP contribution in [-0.4, -0.2) is 34.3 Å². The van der Waals surface area contributed by atoms with Crippen LogP contribution in [0.1, 0.15) is 19.3 Å². The fourth-order valence-electron chi connectivity index (χ4n) is 1.16. The lowest BCUT2D eigenvalue weighted by Gasteiger charge is -2.09. The van der Waals surface area contributed by atoms with E-state index in [0.717, 1.165) is 6.20 Å². The zero-order chi connectivity index (χ0) is 10.6. The molecule has 0 spiro atoms. The summed E-state index contributed by atoms with van der Waals surface area (Å²) in [6.07, 6.45) is 2.22. The highest BCUT2D eigenvalue weighted by Gasteiger charge is 2.21. The molecule has 1 aliphatic rings. The zero-order valence-electron chi connectivity index (χ0n) is 7.56. The molecule has 0 unspecified atom stereocenters. The number of Topliss-reactive ketones (excluding diaryl/α,β-unsaturated/α-hetero) is 1. The van der Waals surface area contributed by atoms with Crippen molar-refractivity contribution in [1.82, 2.24) is 0 Å². The Morgan fingerprint density at radius 1 is 1.57 bits per heavy atom. The third-order valence-electron chi connectivity index (χ3n) is 1.90. The second-order valence-electron chi connectivity index (χ2n) is 2.97. The molecule has 0 amide bonds. The molecule has 0 radical (unpaired) electrons. The van der Waals surface area contributed by atoms with E-state index >= 15 is 0 Å². The van der Waals surface area contributed by atoms with Crippen LogP contribution in [0.4, 0.5) is 0 Å². The van der Waals surface area contributed by atoms with Gasteiger partial charge in [-0.25, -0.2) is 4.79 Å². The summed E-state index contributed by atoms with van der Waals surface area (Å²) in [7, 11) is 0. The van der Waals surface area contributed by atoms with Crippen molar-refractivity contribution in [2.75, 3.05) is 6.61 Å². The number of aliphatic carboxylic acids is 1. The average molecular weight is 197 g/mol. The lowest BCUT2D eigenvalue weighted by atomic mass is 10.0. The molecule has 0 fully saturated rings. The number of carboxylic acid groups (broad SMARTS) is 1. The van der Waals surface area contributed by atoms with Crippen molar-refractivity contribution in [3.63, 3.8) is 0 Å². The lowest BCUT2D eigenvalue weighted by molar-refractivity contribution is -0.134. The summed E-state index contributed by atoms with van der Waals surface area (Å²) in [6.45, 7) is 0.0444.